The molecule has 0 heterocycles. The van der Waals surface area contributed by atoms with Gasteiger partial charge in [0.15, 0.2) is 9.84 Å². The Morgan fingerprint density at radius 2 is 1.65 bits per heavy atom. The number of nitrogens with one attached hydrogen (secondary N) is 1. The van der Waals surface area contributed by atoms with Crippen molar-refractivity contribution in [3.05, 3.63) is 66.0 Å². The van der Waals surface area contributed by atoms with Crippen LogP contribution in [0.3, 0.4) is 0 Å². The molecule has 142 valence electrons. The topological polar surface area (TPSA) is 66.4 Å². The summed E-state index contributed by atoms with van der Waals surface area (Å²) in [7, 11) is -3.67. The molecule has 0 aliphatic carbocycles. The Kier molecular flexibility index (Phi) is 7.32. The number of rotatable bonds is 9. The third-order valence-electron chi connectivity index (χ3n) is 4.25. The maximum Gasteiger partial charge on any atom is 0.194 e. The Hall–Kier alpha value is -1.76. The van der Waals surface area contributed by atoms with Gasteiger partial charge in [-0.3, -0.25) is 5.32 Å². The highest BCUT2D eigenvalue weighted by atomic mass is 32.2. The van der Waals surface area contributed by atoms with Crippen molar-refractivity contribution in [2.24, 2.45) is 5.92 Å². The van der Waals surface area contributed by atoms with E-state index in [0.29, 0.717) is 6.42 Å². The third-order valence-corrected chi connectivity index (χ3v) is 6.55. The fourth-order valence-corrected chi connectivity index (χ4v) is 4.65. The number of sulfone groups is 1. The minimum atomic E-state index is -3.67. The lowest BCUT2D eigenvalue weighted by atomic mass is 10.1. The van der Waals surface area contributed by atoms with Gasteiger partial charge in [0.1, 0.15) is 11.2 Å². The lowest BCUT2D eigenvalue weighted by molar-refractivity contribution is 0.159. The predicted octanol–water partition coefficient (Wildman–Crippen LogP) is 3.16. The summed E-state index contributed by atoms with van der Waals surface area (Å²) in [5.41, 5.74) is 1.13. The summed E-state index contributed by atoms with van der Waals surface area (Å²) in [4.78, 5) is 0.0730. The summed E-state index contributed by atoms with van der Waals surface area (Å²) in [6.45, 7) is 3.78. The molecule has 0 amide bonds. The second-order valence-electron chi connectivity index (χ2n) is 6.75. The smallest absolute Gasteiger partial charge is 0.194 e. The van der Waals surface area contributed by atoms with E-state index in [4.69, 9.17) is 0 Å². The molecule has 2 N–H and O–H groups in total. The van der Waals surface area contributed by atoms with Crippen molar-refractivity contribution in [1.29, 1.82) is 0 Å². The molecule has 0 saturated carbocycles. The Labute approximate surface area is 155 Å². The van der Waals surface area contributed by atoms with Crippen LogP contribution >= 0.6 is 0 Å². The number of aliphatic hydroxyl groups is 1. The van der Waals surface area contributed by atoms with E-state index in [1.807, 2.05) is 30.3 Å². The normalized spacial score (nSPS) is 14.3. The van der Waals surface area contributed by atoms with Gasteiger partial charge >= 0.3 is 0 Å². The molecule has 26 heavy (non-hydrogen) atoms. The zero-order valence-electron chi connectivity index (χ0n) is 15.1. The van der Waals surface area contributed by atoms with Gasteiger partial charge in [-0.1, -0.05) is 44.2 Å². The van der Waals surface area contributed by atoms with Crippen molar-refractivity contribution in [3.8, 4) is 0 Å². The predicted molar refractivity (Wildman–Crippen MR) is 101 cm³/mol. The zero-order valence-corrected chi connectivity index (χ0v) is 15.9. The van der Waals surface area contributed by atoms with Crippen LogP contribution in [0, 0.1) is 11.7 Å². The molecule has 2 atom stereocenters. The van der Waals surface area contributed by atoms with Crippen LogP contribution in [0.4, 0.5) is 4.39 Å². The lowest BCUT2D eigenvalue weighted by Crippen LogP contribution is -2.44. The first-order chi connectivity index (χ1) is 12.3. The maximum absolute atomic E-state index is 13.1. The number of benzene rings is 2. The van der Waals surface area contributed by atoms with E-state index in [1.54, 1.807) is 13.8 Å². The molecule has 0 aromatic heterocycles. The van der Waals surface area contributed by atoms with E-state index >= 15 is 0 Å². The summed E-state index contributed by atoms with van der Waals surface area (Å²) in [6, 6.07) is 14.6. The zero-order chi connectivity index (χ0) is 19.2. The summed E-state index contributed by atoms with van der Waals surface area (Å²) in [6.07, 6.45) is 0.610. The Morgan fingerprint density at radius 3 is 2.23 bits per heavy atom. The van der Waals surface area contributed by atoms with E-state index in [0.717, 1.165) is 24.1 Å². The standard InChI is InChI=1S/C20H26FNO3S/c1-15(2)20(26(24,25)19-12-9-17(21)10-13-19)22-14-18(23)11-8-16-6-4-3-5-7-16/h3-7,9-10,12-13,15,18,20,22-23H,8,11,14H2,1-2H3/t18-,20+/m1/s1. The summed E-state index contributed by atoms with van der Waals surface area (Å²) >= 11 is 0. The summed E-state index contributed by atoms with van der Waals surface area (Å²) in [5.74, 6) is -0.680. The van der Waals surface area contributed by atoms with Gasteiger partial charge in [-0.15, -0.1) is 0 Å². The first-order valence-corrected chi connectivity index (χ1v) is 10.3. The van der Waals surface area contributed by atoms with Crippen molar-refractivity contribution in [1.82, 2.24) is 5.32 Å². The molecule has 0 aliphatic heterocycles. The molecule has 0 aliphatic rings. The van der Waals surface area contributed by atoms with Crippen LogP contribution in [0.25, 0.3) is 0 Å². The fourth-order valence-electron chi connectivity index (χ4n) is 2.81. The quantitative estimate of drug-likeness (QED) is 0.657. The second-order valence-corrected chi connectivity index (χ2v) is 8.82. The largest absolute Gasteiger partial charge is 0.392 e. The molecule has 0 unspecified atom stereocenters. The van der Waals surface area contributed by atoms with Gasteiger partial charge in [0.2, 0.25) is 0 Å². The Balaban J connectivity index is 1.98. The molecule has 6 heteroatoms. The fraction of sp³-hybridized carbons (Fsp3) is 0.400. The van der Waals surface area contributed by atoms with Crippen LogP contribution in [0.1, 0.15) is 25.8 Å². The lowest BCUT2D eigenvalue weighted by Gasteiger charge is -2.24. The van der Waals surface area contributed by atoms with Crippen LogP contribution in [0.2, 0.25) is 0 Å². The van der Waals surface area contributed by atoms with E-state index in [9.17, 15) is 17.9 Å². The molecular formula is C20H26FNO3S. The average molecular weight is 379 g/mol. The number of halogens is 1. The van der Waals surface area contributed by atoms with Crippen LogP contribution in [-0.2, 0) is 16.3 Å². The minimum absolute atomic E-state index is 0.0730. The van der Waals surface area contributed by atoms with Crippen molar-refractivity contribution < 1.29 is 17.9 Å². The van der Waals surface area contributed by atoms with Gasteiger partial charge in [0.05, 0.1) is 11.0 Å². The Bertz CT molecular complexity index is 776. The van der Waals surface area contributed by atoms with Crippen LogP contribution < -0.4 is 5.32 Å². The first-order valence-electron chi connectivity index (χ1n) is 8.75. The van der Waals surface area contributed by atoms with Gasteiger partial charge < -0.3 is 5.11 Å². The molecular weight excluding hydrogens is 353 g/mol. The number of hydrogen-bond donors (Lipinski definition) is 2. The average Bonchev–Trinajstić information content (AvgIpc) is 2.61. The van der Waals surface area contributed by atoms with E-state index in [1.165, 1.54) is 12.1 Å². The first kappa shape index (κ1) is 20.6. The molecule has 0 saturated heterocycles. The van der Waals surface area contributed by atoms with Gasteiger partial charge in [-0.25, -0.2) is 12.8 Å². The summed E-state index contributed by atoms with van der Waals surface area (Å²) in [5, 5.41) is 12.3. The van der Waals surface area contributed by atoms with Gasteiger partial charge in [-0.05, 0) is 48.6 Å². The monoisotopic (exact) mass is 379 g/mol. The highest BCUT2D eigenvalue weighted by molar-refractivity contribution is 7.92. The van der Waals surface area contributed by atoms with E-state index in [2.05, 4.69) is 5.32 Å². The summed E-state index contributed by atoms with van der Waals surface area (Å²) < 4.78 is 38.7. The minimum Gasteiger partial charge on any atom is -0.392 e. The van der Waals surface area contributed by atoms with Crippen molar-refractivity contribution in [2.75, 3.05) is 6.54 Å². The Morgan fingerprint density at radius 1 is 1.04 bits per heavy atom. The molecule has 0 radical (unpaired) electrons. The molecule has 0 spiro atoms. The second kappa shape index (κ2) is 9.26. The van der Waals surface area contributed by atoms with E-state index < -0.39 is 27.1 Å². The van der Waals surface area contributed by atoms with Crippen molar-refractivity contribution >= 4 is 9.84 Å². The molecule has 2 aromatic rings. The van der Waals surface area contributed by atoms with Crippen LogP contribution in [0.5, 0.6) is 0 Å². The van der Waals surface area contributed by atoms with E-state index in [-0.39, 0.29) is 17.4 Å². The molecule has 0 bridgehead atoms. The molecule has 2 rings (SSSR count). The van der Waals surface area contributed by atoms with Gasteiger partial charge in [0, 0.05) is 6.54 Å². The maximum atomic E-state index is 13.1. The molecule has 2 aromatic carbocycles. The number of aliphatic hydroxyl groups excluding tert-OH is 1. The van der Waals surface area contributed by atoms with Crippen LogP contribution in [-0.4, -0.2) is 31.5 Å². The molecule has 4 nitrogen and oxygen atoms in total. The number of aryl methyl sites for hydroxylation is 1. The van der Waals surface area contributed by atoms with Crippen molar-refractivity contribution in [2.45, 2.75) is 43.1 Å². The number of hydrogen-bond acceptors (Lipinski definition) is 4. The highest BCUT2D eigenvalue weighted by Gasteiger charge is 2.30. The van der Waals surface area contributed by atoms with Crippen molar-refractivity contribution in [3.63, 3.8) is 0 Å². The van der Waals surface area contributed by atoms with Crippen LogP contribution in [0.15, 0.2) is 59.5 Å². The third kappa shape index (κ3) is 5.62. The SMILES string of the molecule is CC(C)[C@@H](NC[C@H](O)CCc1ccccc1)S(=O)(=O)c1ccc(F)cc1. The molecule has 0 fully saturated rings. The van der Waals surface area contributed by atoms with Gasteiger partial charge in [0.25, 0.3) is 0 Å². The highest BCUT2D eigenvalue weighted by Crippen LogP contribution is 2.20. The van der Waals surface area contributed by atoms with Gasteiger partial charge in [-0.2, -0.15) is 0 Å².